The minimum atomic E-state index is -0.537. The van der Waals surface area contributed by atoms with Gasteiger partial charge in [-0.05, 0) is 46.9 Å². The number of fused-ring (bicyclic) bond motifs is 3. The number of ether oxygens (including phenoxy) is 2. The number of alkyl carbamates (subject to hydrolysis) is 1. The zero-order valence-electron chi connectivity index (χ0n) is 18.5. The predicted molar refractivity (Wildman–Crippen MR) is 127 cm³/mol. The molecule has 0 radical (unpaired) electrons. The third kappa shape index (κ3) is 4.53. The summed E-state index contributed by atoms with van der Waals surface area (Å²) in [5, 5.41) is 2.64. The summed E-state index contributed by atoms with van der Waals surface area (Å²) in [5.74, 6) is 5.28. The van der Waals surface area contributed by atoms with Gasteiger partial charge in [-0.15, -0.1) is 0 Å². The predicted octanol–water partition coefficient (Wildman–Crippen LogP) is 4.25. The number of benzene rings is 3. The molecule has 1 aliphatic carbocycles. The van der Waals surface area contributed by atoms with E-state index >= 15 is 0 Å². The topological polar surface area (TPSA) is 90.6 Å². The van der Waals surface area contributed by atoms with Crippen molar-refractivity contribution >= 4 is 17.7 Å². The second-order valence-electron chi connectivity index (χ2n) is 7.71. The number of hydrogen-bond acceptors (Lipinski definition) is 5. The van der Waals surface area contributed by atoms with Gasteiger partial charge in [0.15, 0.2) is 0 Å². The maximum Gasteiger partial charge on any atom is 0.407 e. The minimum Gasteiger partial charge on any atom is -0.465 e. The molecule has 0 atom stereocenters. The highest BCUT2D eigenvalue weighted by atomic mass is 16.5. The second-order valence-corrected chi connectivity index (χ2v) is 7.71. The van der Waals surface area contributed by atoms with Crippen molar-refractivity contribution in [2.75, 3.05) is 26.0 Å². The summed E-state index contributed by atoms with van der Waals surface area (Å²) in [6.07, 6.45) is -0.537. The van der Waals surface area contributed by atoms with Gasteiger partial charge in [-0.1, -0.05) is 60.4 Å². The molecule has 6 nitrogen and oxygen atoms in total. The van der Waals surface area contributed by atoms with E-state index in [4.69, 9.17) is 15.2 Å². The Morgan fingerprint density at radius 1 is 1.03 bits per heavy atom. The molecule has 0 bridgehead atoms. The summed E-state index contributed by atoms with van der Waals surface area (Å²) < 4.78 is 10.3. The summed E-state index contributed by atoms with van der Waals surface area (Å²) in [6, 6.07) is 19.7. The molecule has 3 N–H and O–H groups in total. The van der Waals surface area contributed by atoms with Crippen LogP contribution in [0, 0.1) is 18.8 Å². The molecule has 3 aromatic carbocycles. The highest BCUT2D eigenvalue weighted by Gasteiger charge is 2.28. The van der Waals surface area contributed by atoms with Gasteiger partial charge in [-0.2, -0.15) is 0 Å². The number of hydrogen-bond donors (Lipinski definition) is 2. The third-order valence-electron chi connectivity index (χ3n) is 5.75. The molecule has 1 amide bonds. The van der Waals surface area contributed by atoms with Gasteiger partial charge in [0.25, 0.3) is 0 Å². The number of rotatable bonds is 4. The lowest BCUT2D eigenvalue weighted by atomic mass is 9.98. The second kappa shape index (κ2) is 9.49. The highest BCUT2D eigenvalue weighted by molar-refractivity contribution is 5.93. The fourth-order valence-corrected chi connectivity index (χ4v) is 4.04. The van der Waals surface area contributed by atoms with Gasteiger partial charge in [-0.25, -0.2) is 9.59 Å². The molecule has 166 valence electrons. The molecule has 1 aliphatic rings. The zero-order valence-corrected chi connectivity index (χ0v) is 18.5. The average molecular weight is 440 g/mol. The van der Waals surface area contributed by atoms with Crippen molar-refractivity contribution in [3.63, 3.8) is 0 Å². The number of methoxy groups -OCH3 is 1. The Kier molecular flexibility index (Phi) is 6.32. The van der Waals surface area contributed by atoms with Gasteiger partial charge in [0.1, 0.15) is 6.61 Å². The van der Waals surface area contributed by atoms with Crippen LogP contribution in [0.5, 0.6) is 0 Å². The molecule has 33 heavy (non-hydrogen) atoms. The first kappa shape index (κ1) is 22.0. The Bertz CT molecular complexity index is 1240. The number of nitrogen functional groups attached to an aromatic ring is 1. The van der Waals surface area contributed by atoms with E-state index in [1.807, 2.05) is 24.3 Å². The summed E-state index contributed by atoms with van der Waals surface area (Å²) in [5.41, 5.74) is 12.7. The van der Waals surface area contributed by atoms with Crippen LogP contribution in [0.3, 0.4) is 0 Å². The van der Waals surface area contributed by atoms with Crippen molar-refractivity contribution in [2.24, 2.45) is 0 Å². The first-order chi connectivity index (χ1) is 16.0. The largest absolute Gasteiger partial charge is 0.465 e. The SMILES string of the molecule is COC(=O)c1cc(C#CCNC(=O)OCC2c3ccccc3-c3ccccc32)cc(N)c1C. The van der Waals surface area contributed by atoms with Gasteiger partial charge in [0.2, 0.25) is 0 Å². The monoisotopic (exact) mass is 440 g/mol. The van der Waals surface area contributed by atoms with E-state index < -0.39 is 12.1 Å². The fourth-order valence-electron chi connectivity index (χ4n) is 4.04. The van der Waals surface area contributed by atoms with Gasteiger partial charge < -0.3 is 20.5 Å². The molecule has 0 saturated heterocycles. The molecule has 6 heteroatoms. The Labute approximate surface area is 192 Å². The maximum atomic E-state index is 12.2. The molecule has 0 aliphatic heterocycles. The van der Waals surface area contributed by atoms with Crippen LogP contribution in [-0.2, 0) is 9.47 Å². The molecule has 0 fully saturated rings. The molecule has 0 heterocycles. The molecule has 0 aromatic heterocycles. The summed E-state index contributed by atoms with van der Waals surface area (Å²) in [6.45, 7) is 2.08. The van der Waals surface area contributed by atoms with Crippen LogP contribution in [0.2, 0.25) is 0 Å². The first-order valence-corrected chi connectivity index (χ1v) is 10.6. The zero-order chi connectivity index (χ0) is 23.4. The van der Waals surface area contributed by atoms with Crippen molar-refractivity contribution in [1.82, 2.24) is 5.32 Å². The molecule has 4 rings (SSSR count). The Balaban J connectivity index is 1.36. The van der Waals surface area contributed by atoms with Crippen LogP contribution in [0.15, 0.2) is 60.7 Å². The number of carbonyl (C=O) groups is 2. The van der Waals surface area contributed by atoms with Crippen LogP contribution in [0.1, 0.15) is 38.5 Å². The Hall–Kier alpha value is -4.24. The van der Waals surface area contributed by atoms with Crippen LogP contribution in [-0.4, -0.2) is 32.3 Å². The summed E-state index contributed by atoms with van der Waals surface area (Å²) in [7, 11) is 1.31. The summed E-state index contributed by atoms with van der Waals surface area (Å²) >= 11 is 0. The van der Waals surface area contributed by atoms with E-state index in [2.05, 4.69) is 41.4 Å². The lowest BCUT2D eigenvalue weighted by Crippen LogP contribution is -2.26. The van der Waals surface area contributed by atoms with E-state index in [1.165, 1.54) is 18.2 Å². The first-order valence-electron chi connectivity index (χ1n) is 10.6. The molecule has 0 unspecified atom stereocenters. The van der Waals surface area contributed by atoms with Crippen molar-refractivity contribution in [1.29, 1.82) is 0 Å². The van der Waals surface area contributed by atoms with Crippen molar-refractivity contribution in [3.05, 3.63) is 88.5 Å². The van der Waals surface area contributed by atoms with Crippen molar-refractivity contribution in [3.8, 4) is 23.0 Å². The molecule has 0 spiro atoms. The van der Waals surface area contributed by atoms with Crippen LogP contribution >= 0.6 is 0 Å². The van der Waals surface area contributed by atoms with E-state index in [0.717, 1.165) is 11.1 Å². The van der Waals surface area contributed by atoms with Crippen molar-refractivity contribution in [2.45, 2.75) is 12.8 Å². The number of carbonyl (C=O) groups excluding carboxylic acids is 2. The molecule has 0 saturated carbocycles. The molecular formula is C27H24N2O4. The Morgan fingerprint density at radius 3 is 2.30 bits per heavy atom. The Morgan fingerprint density at radius 2 is 1.67 bits per heavy atom. The smallest absolute Gasteiger partial charge is 0.407 e. The van der Waals surface area contributed by atoms with E-state index in [-0.39, 0.29) is 19.1 Å². The normalized spacial score (nSPS) is 11.6. The van der Waals surface area contributed by atoms with Gasteiger partial charge in [0, 0.05) is 17.2 Å². The number of nitrogens with one attached hydrogen (secondary N) is 1. The third-order valence-corrected chi connectivity index (χ3v) is 5.75. The maximum absolute atomic E-state index is 12.2. The number of anilines is 1. The van der Waals surface area contributed by atoms with E-state index in [1.54, 1.807) is 19.1 Å². The van der Waals surface area contributed by atoms with E-state index in [9.17, 15) is 9.59 Å². The van der Waals surface area contributed by atoms with Crippen LogP contribution < -0.4 is 11.1 Å². The van der Waals surface area contributed by atoms with Gasteiger partial charge >= 0.3 is 12.1 Å². The quantitative estimate of drug-likeness (QED) is 0.360. The number of esters is 1. The number of amides is 1. The molecule has 3 aromatic rings. The lowest BCUT2D eigenvalue weighted by Gasteiger charge is -2.14. The summed E-state index contributed by atoms with van der Waals surface area (Å²) in [4.78, 5) is 24.1. The van der Waals surface area contributed by atoms with Gasteiger partial charge in [0.05, 0.1) is 19.2 Å². The standard InChI is InChI=1S/C27H24N2O4/c1-17-23(26(30)32-2)14-18(15-25(17)28)8-7-13-29-27(31)33-16-24-21-11-5-3-9-19(21)20-10-4-6-12-22(20)24/h3-6,9-12,14-15,24H,13,16,28H2,1-2H3,(H,29,31). The molecular weight excluding hydrogens is 416 g/mol. The van der Waals surface area contributed by atoms with Crippen LogP contribution in [0.25, 0.3) is 11.1 Å². The average Bonchev–Trinajstić information content (AvgIpc) is 3.15. The lowest BCUT2D eigenvalue weighted by molar-refractivity contribution is 0.0600. The van der Waals surface area contributed by atoms with Crippen LogP contribution in [0.4, 0.5) is 10.5 Å². The van der Waals surface area contributed by atoms with Crippen molar-refractivity contribution < 1.29 is 19.1 Å². The fraction of sp³-hybridized carbons (Fsp3) is 0.185. The van der Waals surface area contributed by atoms with Gasteiger partial charge in [-0.3, -0.25) is 0 Å². The minimum absolute atomic E-state index is 0.00140. The highest BCUT2D eigenvalue weighted by Crippen LogP contribution is 2.44. The number of nitrogens with two attached hydrogens (primary N) is 1. The van der Waals surface area contributed by atoms with E-state index in [0.29, 0.717) is 22.4 Å².